The Labute approximate surface area is 204 Å². The Hall–Kier alpha value is -3.38. The van der Waals surface area contributed by atoms with Gasteiger partial charge in [0.1, 0.15) is 5.02 Å². The van der Waals surface area contributed by atoms with Gasteiger partial charge in [-0.25, -0.2) is 4.98 Å². The molecule has 178 valence electrons. The van der Waals surface area contributed by atoms with Crippen LogP contribution in [0.1, 0.15) is 15.9 Å². The summed E-state index contributed by atoms with van der Waals surface area (Å²) in [5.41, 5.74) is -0.406. The molecule has 2 aromatic carbocycles. The van der Waals surface area contributed by atoms with Gasteiger partial charge in [-0.1, -0.05) is 11.6 Å². The van der Waals surface area contributed by atoms with Crippen molar-refractivity contribution in [2.24, 2.45) is 0 Å². The van der Waals surface area contributed by atoms with Crippen molar-refractivity contribution in [2.75, 3.05) is 24.3 Å². The monoisotopic (exact) mass is 558 g/mol. The summed E-state index contributed by atoms with van der Waals surface area (Å²) in [5.74, 6) is -0.606. The molecule has 1 heterocycles. The van der Waals surface area contributed by atoms with Crippen molar-refractivity contribution in [2.45, 2.75) is 6.18 Å². The summed E-state index contributed by atoms with van der Waals surface area (Å²) in [6, 6.07) is 9.03. The standard InChI is InChI=1S/C21H15BrClF3N4O4/c1-29(2)17-8-12(28-19(31)14-9-13(30(32)33)4-5-15(14)22)3-6-18(17)34-20-16(23)7-11(10-27-20)21(24,25)26/h3-10H,1-2H3,(H,28,31). The number of benzene rings is 2. The number of pyridine rings is 1. The number of nitrogens with one attached hydrogen (secondary N) is 1. The minimum Gasteiger partial charge on any atom is -0.435 e. The average molecular weight is 560 g/mol. The lowest BCUT2D eigenvalue weighted by molar-refractivity contribution is -0.384. The maximum atomic E-state index is 12.8. The molecule has 0 aliphatic carbocycles. The molecular formula is C21H15BrClF3N4O4. The number of alkyl halides is 3. The van der Waals surface area contributed by atoms with E-state index in [1.54, 1.807) is 25.1 Å². The zero-order valence-corrected chi connectivity index (χ0v) is 19.8. The first-order chi connectivity index (χ1) is 15.9. The Balaban J connectivity index is 1.87. The van der Waals surface area contributed by atoms with Crippen molar-refractivity contribution in [3.8, 4) is 11.6 Å². The maximum Gasteiger partial charge on any atom is 0.417 e. The molecule has 1 N–H and O–H groups in total. The summed E-state index contributed by atoms with van der Waals surface area (Å²) >= 11 is 9.13. The van der Waals surface area contributed by atoms with Gasteiger partial charge in [0.2, 0.25) is 5.88 Å². The topological polar surface area (TPSA) is 97.6 Å². The molecule has 3 rings (SSSR count). The normalized spacial score (nSPS) is 11.1. The van der Waals surface area contributed by atoms with E-state index in [2.05, 4.69) is 26.2 Å². The summed E-state index contributed by atoms with van der Waals surface area (Å²) in [5, 5.41) is 13.3. The number of aromatic nitrogens is 1. The number of rotatable bonds is 6. The number of hydrogen-bond acceptors (Lipinski definition) is 6. The number of amides is 1. The van der Waals surface area contributed by atoms with Gasteiger partial charge in [0, 0.05) is 42.6 Å². The largest absolute Gasteiger partial charge is 0.435 e. The van der Waals surface area contributed by atoms with Crippen molar-refractivity contribution in [3.05, 3.63) is 79.4 Å². The average Bonchev–Trinajstić information content (AvgIpc) is 2.75. The Morgan fingerprint density at radius 3 is 2.50 bits per heavy atom. The van der Waals surface area contributed by atoms with Crippen LogP contribution < -0.4 is 15.0 Å². The molecule has 8 nitrogen and oxygen atoms in total. The molecule has 0 atom stereocenters. The zero-order chi connectivity index (χ0) is 25.2. The quantitative estimate of drug-likeness (QED) is 0.272. The smallest absolute Gasteiger partial charge is 0.417 e. The van der Waals surface area contributed by atoms with E-state index in [4.69, 9.17) is 16.3 Å². The highest BCUT2D eigenvalue weighted by Gasteiger charge is 2.32. The molecule has 1 amide bonds. The van der Waals surface area contributed by atoms with E-state index >= 15 is 0 Å². The van der Waals surface area contributed by atoms with Gasteiger partial charge in [-0.3, -0.25) is 14.9 Å². The highest BCUT2D eigenvalue weighted by Crippen LogP contribution is 2.38. The molecule has 0 saturated heterocycles. The Bertz CT molecular complexity index is 1270. The van der Waals surface area contributed by atoms with Crippen molar-refractivity contribution in [3.63, 3.8) is 0 Å². The van der Waals surface area contributed by atoms with Crippen molar-refractivity contribution < 1.29 is 27.6 Å². The van der Waals surface area contributed by atoms with Crippen LogP contribution in [0.25, 0.3) is 0 Å². The van der Waals surface area contributed by atoms with Gasteiger partial charge in [0.15, 0.2) is 5.75 Å². The Kier molecular flexibility index (Phi) is 7.32. The third kappa shape index (κ3) is 5.75. The lowest BCUT2D eigenvalue weighted by Gasteiger charge is -2.19. The molecule has 0 unspecified atom stereocenters. The third-order valence-corrected chi connectivity index (χ3v) is 5.41. The van der Waals surface area contributed by atoms with Crippen molar-refractivity contribution >= 4 is 50.5 Å². The molecule has 0 saturated carbocycles. The van der Waals surface area contributed by atoms with Crippen LogP contribution in [0.2, 0.25) is 5.02 Å². The second kappa shape index (κ2) is 9.85. The van der Waals surface area contributed by atoms with Gasteiger partial charge >= 0.3 is 6.18 Å². The highest BCUT2D eigenvalue weighted by atomic mass is 79.9. The Morgan fingerprint density at radius 1 is 1.21 bits per heavy atom. The predicted molar refractivity (Wildman–Crippen MR) is 124 cm³/mol. The number of nitrogens with zero attached hydrogens (tertiary/aromatic N) is 3. The summed E-state index contributed by atoms with van der Waals surface area (Å²) in [6.07, 6.45) is -3.99. The highest BCUT2D eigenvalue weighted by molar-refractivity contribution is 9.10. The fourth-order valence-electron chi connectivity index (χ4n) is 2.79. The molecular weight excluding hydrogens is 545 g/mol. The summed E-state index contributed by atoms with van der Waals surface area (Å²) in [4.78, 5) is 28.4. The molecule has 0 bridgehead atoms. The molecule has 13 heteroatoms. The lowest BCUT2D eigenvalue weighted by Crippen LogP contribution is -2.15. The first-order valence-corrected chi connectivity index (χ1v) is 10.5. The summed E-state index contributed by atoms with van der Waals surface area (Å²) in [7, 11) is 3.37. The molecule has 3 aromatic rings. The minimum atomic E-state index is -4.60. The zero-order valence-electron chi connectivity index (χ0n) is 17.5. The van der Waals surface area contributed by atoms with Crippen LogP contribution >= 0.6 is 27.5 Å². The van der Waals surface area contributed by atoms with Gasteiger partial charge in [-0.05, 0) is 46.3 Å². The molecule has 0 spiro atoms. The number of non-ortho nitro benzene ring substituents is 1. The molecule has 0 fully saturated rings. The van der Waals surface area contributed by atoms with Crippen LogP contribution in [-0.4, -0.2) is 29.9 Å². The maximum absolute atomic E-state index is 12.8. The van der Waals surface area contributed by atoms with E-state index in [0.717, 1.165) is 6.07 Å². The molecule has 0 aliphatic rings. The van der Waals surface area contributed by atoms with Crippen LogP contribution in [0.15, 0.2) is 53.1 Å². The number of carbonyl (C=O) groups is 1. The SMILES string of the molecule is CN(C)c1cc(NC(=O)c2cc([N+](=O)[O-])ccc2Br)ccc1Oc1ncc(C(F)(F)F)cc1Cl. The van der Waals surface area contributed by atoms with Gasteiger partial charge in [0.25, 0.3) is 11.6 Å². The van der Waals surface area contributed by atoms with Crippen molar-refractivity contribution in [1.82, 2.24) is 4.98 Å². The van der Waals surface area contributed by atoms with E-state index < -0.39 is 22.6 Å². The van der Waals surface area contributed by atoms with Gasteiger partial charge in [-0.2, -0.15) is 13.2 Å². The van der Waals surface area contributed by atoms with Gasteiger partial charge < -0.3 is 15.0 Å². The number of carbonyl (C=O) groups excluding carboxylic acids is 1. The number of ether oxygens (including phenoxy) is 1. The first kappa shape index (κ1) is 25.2. The number of nitro groups is 1. The molecule has 1 aromatic heterocycles. The van der Waals surface area contributed by atoms with Crippen LogP contribution in [0, 0.1) is 10.1 Å². The number of halogens is 5. The van der Waals surface area contributed by atoms with E-state index in [1.165, 1.54) is 24.3 Å². The summed E-state index contributed by atoms with van der Waals surface area (Å²) in [6.45, 7) is 0. The van der Waals surface area contributed by atoms with E-state index in [9.17, 15) is 28.1 Å². The fourth-order valence-corrected chi connectivity index (χ4v) is 3.42. The van der Waals surface area contributed by atoms with E-state index in [-0.39, 0.29) is 27.9 Å². The number of nitro benzene ring substituents is 1. The molecule has 0 aliphatic heterocycles. The van der Waals surface area contributed by atoms with E-state index in [0.29, 0.717) is 28.1 Å². The van der Waals surface area contributed by atoms with Crippen LogP contribution in [0.5, 0.6) is 11.6 Å². The van der Waals surface area contributed by atoms with Crippen molar-refractivity contribution in [1.29, 1.82) is 0 Å². The Morgan fingerprint density at radius 2 is 1.91 bits per heavy atom. The summed E-state index contributed by atoms with van der Waals surface area (Å²) < 4.78 is 44.5. The third-order valence-electron chi connectivity index (χ3n) is 4.45. The fraction of sp³-hybridized carbons (Fsp3) is 0.143. The predicted octanol–water partition coefficient (Wildman–Crippen LogP) is 6.54. The van der Waals surface area contributed by atoms with Gasteiger partial charge in [-0.15, -0.1) is 0 Å². The number of hydrogen-bond donors (Lipinski definition) is 1. The van der Waals surface area contributed by atoms with Crippen LogP contribution in [-0.2, 0) is 6.18 Å². The van der Waals surface area contributed by atoms with Crippen LogP contribution in [0.4, 0.5) is 30.2 Å². The second-order valence-electron chi connectivity index (χ2n) is 7.06. The minimum absolute atomic E-state index is 0.0571. The second-order valence-corrected chi connectivity index (χ2v) is 8.32. The van der Waals surface area contributed by atoms with Crippen LogP contribution in [0.3, 0.4) is 0 Å². The van der Waals surface area contributed by atoms with E-state index in [1.807, 2.05) is 0 Å². The molecule has 34 heavy (non-hydrogen) atoms. The number of anilines is 2. The van der Waals surface area contributed by atoms with Gasteiger partial charge in [0.05, 0.1) is 21.7 Å². The molecule has 0 radical (unpaired) electrons. The lowest BCUT2D eigenvalue weighted by atomic mass is 10.1. The first-order valence-electron chi connectivity index (χ1n) is 9.34.